The number of hydrogen-bond acceptors (Lipinski definition) is 3. The summed E-state index contributed by atoms with van der Waals surface area (Å²) in [6.45, 7) is 6.45. The molecule has 3 heteroatoms. The first-order valence-corrected chi connectivity index (χ1v) is 7.25. The van der Waals surface area contributed by atoms with Gasteiger partial charge in [-0.05, 0) is 12.3 Å². The highest BCUT2D eigenvalue weighted by atomic mass is 16.6. The third-order valence-corrected chi connectivity index (χ3v) is 3.08. The third-order valence-electron chi connectivity index (χ3n) is 3.08. The Kier molecular flexibility index (Phi) is 6.84. The van der Waals surface area contributed by atoms with E-state index in [1.165, 1.54) is 32.1 Å². The highest BCUT2D eigenvalue weighted by molar-refractivity contribution is 5.04. The fourth-order valence-corrected chi connectivity index (χ4v) is 2.12. The molecule has 0 amide bonds. The van der Waals surface area contributed by atoms with Crippen LogP contribution in [0.15, 0.2) is 13.6 Å². The smallest absolute Gasteiger partial charge is 0.396 e. The van der Waals surface area contributed by atoms with Crippen LogP contribution < -0.4 is 5.82 Å². The molecular formula is C15H26O3. The van der Waals surface area contributed by atoms with Crippen LogP contribution in [0.3, 0.4) is 0 Å². The standard InChI is InChI=1S/C15H26O3/c1-4-5-6-7-8-9-10-13-14(11-12(2)3)18-15(16)17-13/h12H,4-11H2,1-3H3. The van der Waals surface area contributed by atoms with Gasteiger partial charge >= 0.3 is 5.82 Å². The Morgan fingerprint density at radius 1 is 0.944 bits per heavy atom. The largest absolute Gasteiger partial charge is 0.519 e. The van der Waals surface area contributed by atoms with Crippen molar-refractivity contribution >= 4 is 0 Å². The molecule has 0 N–H and O–H groups in total. The van der Waals surface area contributed by atoms with Crippen LogP contribution in [-0.2, 0) is 12.8 Å². The minimum Gasteiger partial charge on any atom is -0.396 e. The summed E-state index contributed by atoms with van der Waals surface area (Å²) in [6.07, 6.45) is 9.08. The Morgan fingerprint density at radius 3 is 2.22 bits per heavy atom. The molecular weight excluding hydrogens is 228 g/mol. The number of aryl methyl sites for hydroxylation is 1. The SMILES string of the molecule is CCCCCCCCc1oc(=O)oc1CC(C)C. The molecule has 1 heterocycles. The Bertz CT molecular complexity index is 373. The van der Waals surface area contributed by atoms with Crippen molar-refractivity contribution in [1.82, 2.24) is 0 Å². The quantitative estimate of drug-likeness (QED) is 0.616. The Balaban J connectivity index is 2.34. The van der Waals surface area contributed by atoms with Crippen LogP contribution in [0.5, 0.6) is 0 Å². The van der Waals surface area contributed by atoms with Crippen LogP contribution in [0.25, 0.3) is 0 Å². The summed E-state index contributed by atoms with van der Waals surface area (Å²) in [6, 6.07) is 0. The van der Waals surface area contributed by atoms with Gasteiger partial charge in [0.1, 0.15) is 11.5 Å². The maximum absolute atomic E-state index is 11.1. The molecule has 1 aromatic rings. The molecule has 0 saturated carbocycles. The molecule has 18 heavy (non-hydrogen) atoms. The number of rotatable bonds is 9. The third kappa shape index (κ3) is 5.56. The molecule has 0 spiro atoms. The lowest BCUT2D eigenvalue weighted by molar-refractivity contribution is 0.360. The molecule has 3 nitrogen and oxygen atoms in total. The molecule has 0 unspecified atom stereocenters. The van der Waals surface area contributed by atoms with Gasteiger partial charge in [0.2, 0.25) is 0 Å². The lowest BCUT2D eigenvalue weighted by Gasteiger charge is -2.03. The molecule has 0 aliphatic rings. The van der Waals surface area contributed by atoms with Crippen molar-refractivity contribution in [3.05, 3.63) is 22.1 Å². The second kappa shape index (κ2) is 8.17. The van der Waals surface area contributed by atoms with Crippen LogP contribution in [0.2, 0.25) is 0 Å². The minimum absolute atomic E-state index is 0.481. The normalized spacial score (nSPS) is 11.3. The van der Waals surface area contributed by atoms with Gasteiger partial charge in [0.25, 0.3) is 0 Å². The highest BCUT2D eigenvalue weighted by Crippen LogP contribution is 2.16. The van der Waals surface area contributed by atoms with Crippen LogP contribution >= 0.6 is 0 Å². The monoisotopic (exact) mass is 254 g/mol. The summed E-state index contributed by atoms with van der Waals surface area (Å²) in [5, 5.41) is 0. The fraction of sp³-hybridized carbons (Fsp3) is 0.800. The van der Waals surface area contributed by atoms with Gasteiger partial charge in [-0.1, -0.05) is 52.9 Å². The van der Waals surface area contributed by atoms with E-state index in [1.807, 2.05) is 0 Å². The lowest BCUT2D eigenvalue weighted by Crippen LogP contribution is -1.96. The van der Waals surface area contributed by atoms with Gasteiger partial charge in [0.05, 0.1) is 0 Å². The van der Waals surface area contributed by atoms with Crippen LogP contribution in [0, 0.1) is 5.92 Å². The zero-order valence-corrected chi connectivity index (χ0v) is 12.0. The summed E-state index contributed by atoms with van der Waals surface area (Å²) >= 11 is 0. The average molecular weight is 254 g/mol. The van der Waals surface area contributed by atoms with Crippen molar-refractivity contribution in [3.8, 4) is 0 Å². The summed E-state index contributed by atoms with van der Waals surface area (Å²) < 4.78 is 10.2. The minimum atomic E-state index is -0.549. The van der Waals surface area contributed by atoms with Crippen LogP contribution in [0.4, 0.5) is 0 Å². The zero-order chi connectivity index (χ0) is 13.4. The molecule has 0 saturated heterocycles. The Labute approximate surface area is 110 Å². The van der Waals surface area contributed by atoms with Crippen molar-refractivity contribution in [2.45, 2.75) is 72.1 Å². The van der Waals surface area contributed by atoms with Gasteiger partial charge in [-0.25, -0.2) is 4.79 Å². The van der Waals surface area contributed by atoms with Gasteiger partial charge in [-0.2, -0.15) is 0 Å². The first kappa shape index (κ1) is 15.1. The van der Waals surface area contributed by atoms with Crippen molar-refractivity contribution in [2.75, 3.05) is 0 Å². The predicted molar refractivity (Wildman–Crippen MR) is 72.9 cm³/mol. The van der Waals surface area contributed by atoms with Gasteiger partial charge in [-0.3, -0.25) is 0 Å². The topological polar surface area (TPSA) is 43.4 Å². The Morgan fingerprint density at radius 2 is 1.56 bits per heavy atom. The van der Waals surface area contributed by atoms with Crippen molar-refractivity contribution in [1.29, 1.82) is 0 Å². The van der Waals surface area contributed by atoms with E-state index in [0.29, 0.717) is 5.92 Å². The molecule has 0 bridgehead atoms. The molecule has 0 aromatic carbocycles. The number of unbranched alkanes of at least 4 members (excludes halogenated alkanes) is 5. The van der Waals surface area contributed by atoms with E-state index in [0.717, 1.165) is 30.8 Å². The molecule has 0 radical (unpaired) electrons. The van der Waals surface area contributed by atoms with Crippen LogP contribution in [0.1, 0.15) is 70.8 Å². The molecule has 0 atom stereocenters. The van der Waals surface area contributed by atoms with Gasteiger partial charge in [0.15, 0.2) is 0 Å². The predicted octanol–water partition coefficient (Wildman–Crippen LogP) is 4.33. The molecule has 1 aromatic heterocycles. The van der Waals surface area contributed by atoms with E-state index in [4.69, 9.17) is 8.83 Å². The van der Waals surface area contributed by atoms with E-state index in [1.54, 1.807) is 0 Å². The zero-order valence-electron chi connectivity index (χ0n) is 12.0. The van der Waals surface area contributed by atoms with Crippen molar-refractivity contribution in [2.24, 2.45) is 5.92 Å². The van der Waals surface area contributed by atoms with Gasteiger partial charge in [-0.15, -0.1) is 0 Å². The second-order valence-corrected chi connectivity index (χ2v) is 5.42. The second-order valence-electron chi connectivity index (χ2n) is 5.42. The van der Waals surface area contributed by atoms with E-state index >= 15 is 0 Å². The lowest BCUT2D eigenvalue weighted by atomic mass is 10.0. The molecule has 0 fully saturated rings. The van der Waals surface area contributed by atoms with Crippen LogP contribution in [-0.4, -0.2) is 0 Å². The molecule has 0 aliphatic carbocycles. The molecule has 104 valence electrons. The van der Waals surface area contributed by atoms with Gasteiger partial charge in [0, 0.05) is 12.8 Å². The average Bonchev–Trinajstić information content (AvgIpc) is 2.63. The maximum Gasteiger partial charge on any atom is 0.519 e. The van der Waals surface area contributed by atoms with E-state index in [9.17, 15) is 4.79 Å². The van der Waals surface area contributed by atoms with E-state index in [-0.39, 0.29) is 0 Å². The highest BCUT2D eigenvalue weighted by Gasteiger charge is 2.13. The van der Waals surface area contributed by atoms with E-state index in [2.05, 4.69) is 20.8 Å². The summed E-state index contributed by atoms with van der Waals surface area (Å²) in [7, 11) is 0. The maximum atomic E-state index is 11.1. The van der Waals surface area contributed by atoms with Crippen molar-refractivity contribution in [3.63, 3.8) is 0 Å². The summed E-state index contributed by atoms with van der Waals surface area (Å²) in [5.41, 5.74) is 0. The van der Waals surface area contributed by atoms with Crippen molar-refractivity contribution < 1.29 is 8.83 Å². The number of hydrogen-bond donors (Lipinski definition) is 0. The first-order valence-electron chi connectivity index (χ1n) is 7.25. The fourth-order valence-electron chi connectivity index (χ4n) is 2.12. The summed E-state index contributed by atoms with van der Waals surface area (Å²) in [5.74, 6) is 1.45. The molecule has 1 rings (SSSR count). The first-order chi connectivity index (χ1) is 8.63. The van der Waals surface area contributed by atoms with Gasteiger partial charge < -0.3 is 8.83 Å². The molecule has 0 aliphatic heterocycles. The summed E-state index contributed by atoms with van der Waals surface area (Å²) in [4.78, 5) is 11.1. The Hall–Kier alpha value is -0.990. The van der Waals surface area contributed by atoms with E-state index < -0.39 is 5.82 Å².